The molecule has 1 rings (SSSR count). The van der Waals surface area contributed by atoms with E-state index in [9.17, 15) is 4.79 Å². The van der Waals surface area contributed by atoms with Crippen LogP contribution in [0.4, 0.5) is 0 Å². The van der Waals surface area contributed by atoms with E-state index in [1.54, 1.807) is 7.11 Å². The van der Waals surface area contributed by atoms with E-state index in [1.165, 1.54) is 0 Å². The summed E-state index contributed by atoms with van der Waals surface area (Å²) in [7, 11) is 5.43. The zero-order valence-electron chi connectivity index (χ0n) is 11.4. The third-order valence-electron chi connectivity index (χ3n) is 3.38. The topological polar surface area (TPSA) is 49.8 Å². The van der Waals surface area contributed by atoms with Gasteiger partial charge in [-0.05, 0) is 39.1 Å². The van der Waals surface area contributed by atoms with Gasteiger partial charge in [0.25, 0.3) is 0 Å². The number of hydrogen-bond acceptors (Lipinski definition) is 3. The molecule has 4 heteroatoms. The molecular formula is C14H21NO3. The number of benzene rings is 1. The maximum atomic E-state index is 11.0. The van der Waals surface area contributed by atoms with Crippen LogP contribution in [0.15, 0.2) is 24.3 Å². The highest BCUT2D eigenvalue weighted by atomic mass is 16.5. The van der Waals surface area contributed by atoms with Crippen molar-refractivity contribution >= 4 is 5.97 Å². The smallest absolute Gasteiger partial charge is 0.305 e. The molecule has 4 nitrogen and oxygen atoms in total. The molecule has 1 atom stereocenters. The number of hydrogen-bond donors (Lipinski definition) is 1. The molecule has 0 bridgehead atoms. The lowest BCUT2D eigenvalue weighted by atomic mass is 9.88. The van der Waals surface area contributed by atoms with Gasteiger partial charge in [-0.25, -0.2) is 0 Å². The number of likely N-dealkylation sites (N-methyl/N-ethyl adjacent to an activating group) is 1. The first-order chi connectivity index (χ1) is 8.39. The number of carboxylic acid groups (broad SMARTS) is 1. The summed E-state index contributed by atoms with van der Waals surface area (Å²) in [5.41, 5.74) is 0.595. The second-order valence-corrected chi connectivity index (χ2v) is 4.95. The molecule has 0 saturated heterocycles. The fourth-order valence-corrected chi connectivity index (χ4v) is 1.96. The molecule has 0 aliphatic carbocycles. The van der Waals surface area contributed by atoms with Crippen LogP contribution in [0.3, 0.4) is 0 Å². The van der Waals surface area contributed by atoms with Gasteiger partial charge >= 0.3 is 5.97 Å². The molecular weight excluding hydrogens is 230 g/mol. The largest absolute Gasteiger partial charge is 0.496 e. The van der Waals surface area contributed by atoms with Gasteiger partial charge in [-0.1, -0.05) is 18.2 Å². The lowest BCUT2D eigenvalue weighted by Crippen LogP contribution is -2.45. The summed E-state index contributed by atoms with van der Waals surface area (Å²) in [6, 6.07) is 7.72. The predicted octanol–water partition coefficient (Wildman–Crippen LogP) is 2.03. The Balaban J connectivity index is 2.99. The molecule has 1 N–H and O–H groups in total. The Morgan fingerprint density at radius 3 is 2.50 bits per heavy atom. The molecule has 1 unspecified atom stereocenters. The van der Waals surface area contributed by atoms with Crippen LogP contribution in [0.5, 0.6) is 5.75 Å². The fourth-order valence-electron chi connectivity index (χ4n) is 1.96. The average Bonchev–Trinajstić information content (AvgIpc) is 2.28. The summed E-state index contributed by atoms with van der Waals surface area (Å²) in [6.45, 7) is 1.95. The summed E-state index contributed by atoms with van der Waals surface area (Å²) in [6.07, 6.45) is 0.731. The Hall–Kier alpha value is -1.55. The predicted molar refractivity (Wildman–Crippen MR) is 71.0 cm³/mol. The van der Waals surface area contributed by atoms with Crippen LogP contribution < -0.4 is 4.74 Å². The highest BCUT2D eigenvalue weighted by Crippen LogP contribution is 2.27. The van der Waals surface area contributed by atoms with E-state index in [-0.39, 0.29) is 6.42 Å². The molecule has 0 aromatic heterocycles. The van der Waals surface area contributed by atoms with Gasteiger partial charge in [0.2, 0.25) is 0 Å². The van der Waals surface area contributed by atoms with E-state index < -0.39 is 11.5 Å². The van der Waals surface area contributed by atoms with E-state index in [4.69, 9.17) is 9.84 Å². The van der Waals surface area contributed by atoms with Gasteiger partial charge in [-0.15, -0.1) is 0 Å². The van der Waals surface area contributed by atoms with Crippen molar-refractivity contribution in [3.63, 3.8) is 0 Å². The quantitative estimate of drug-likeness (QED) is 0.840. The SMILES string of the molecule is COc1ccccc1CC(C)(CC(=O)O)N(C)C. The molecule has 18 heavy (non-hydrogen) atoms. The maximum Gasteiger partial charge on any atom is 0.305 e. The first-order valence-electron chi connectivity index (χ1n) is 5.90. The fraction of sp³-hybridized carbons (Fsp3) is 0.500. The van der Waals surface area contributed by atoms with Crippen molar-refractivity contribution in [3.8, 4) is 5.75 Å². The second kappa shape index (κ2) is 5.87. The third-order valence-corrected chi connectivity index (χ3v) is 3.38. The molecule has 0 fully saturated rings. The minimum absolute atomic E-state index is 0.0953. The van der Waals surface area contributed by atoms with Crippen LogP contribution >= 0.6 is 0 Å². The minimum atomic E-state index is -0.791. The van der Waals surface area contributed by atoms with Crippen molar-refractivity contribution in [2.24, 2.45) is 0 Å². The van der Waals surface area contributed by atoms with E-state index in [0.29, 0.717) is 6.42 Å². The Morgan fingerprint density at radius 2 is 2.00 bits per heavy atom. The van der Waals surface area contributed by atoms with Gasteiger partial charge in [-0.3, -0.25) is 4.79 Å². The first kappa shape index (κ1) is 14.5. The van der Waals surface area contributed by atoms with Gasteiger partial charge < -0.3 is 14.7 Å². The minimum Gasteiger partial charge on any atom is -0.496 e. The normalized spacial score (nSPS) is 14.3. The molecule has 0 amide bonds. The number of ether oxygens (including phenoxy) is 1. The lowest BCUT2D eigenvalue weighted by Gasteiger charge is -2.35. The van der Waals surface area contributed by atoms with Crippen molar-refractivity contribution in [2.75, 3.05) is 21.2 Å². The summed E-state index contributed by atoms with van der Waals surface area (Å²) in [5, 5.41) is 9.04. The Bertz CT molecular complexity index is 417. The van der Waals surface area contributed by atoms with Crippen molar-refractivity contribution in [3.05, 3.63) is 29.8 Å². The third kappa shape index (κ3) is 3.47. The monoisotopic (exact) mass is 251 g/mol. The van der Waals surface area contributed by atoms with E-state index >= 15 is 0 Å². The van der Waals surface area contributed by atoms with Gasteiger partial charge in [0.1, 0.15) is 5.75 Å². The summed E-state index contributed by atoms with van der Waals surface area (Å²) >= 11 is 0. The molecule has 1 aromatic carbocycles. The maximum absolute atomic E-state index is 11.0. The van der Waals surface area contributed by atoms with Crippen LogP contribution in [0.2, 0.25) is 0 Å². The van der Waals surface area contributed by atoms with Gasteiger partial charge in [0.05, 0.1) is 13.5 Å². The molecule has 0 spiro atoms. The average molecular weight is 251 g/mol. The summed E-state index contributed by atoms with van der Waals surface area (Å²) < 4.78 is 5.31. The zero-order valence-corrected chi connectivity index (χ0v) is 11.4. The van der Waals surface area contributed by atoms with Gasteiger partial charge in [0.15, 0.2) is 0 Å². The Kier molecular flexibility index (Phi) is 4.73. The second-order valence-electron chi connectivity index (χ2n) is 4.95. The molecule has 0 aliphatic heterocycles. The summed E-state index contributed by atoms with van der Waals surface area (Å²) in [5.74, 6) is 0.0112. The van der Waals surface area contributed by atoms with Crippen LogP contribution in [-0.2, 0) is 11.2 Å². The van der Waals surface area contributed by atoms with Gasteiger partial charge in [0, 0.05) is 5.54 Å². The molecule has 0 radical (unpaired) electrons. The number of aliphatic carboxylic acids is 1. The van der Waals surface area contributed by atoms with Crippen LogP contribution in [-0.4, -0.2) is 42.7 Å². The van der Waals surface area contributed by atoms with E-state index in [1.807, 2.05) is 50.2 Å². The molecule has 0 saturated carbocycles. The van der Waals surface area contributed by atoms with Crippen molar-refractivity contribution in [1.29, 1.82) is 0 Å². The first-order valence-corrected chi connectivity index (χ1v) is 5.90. The molecule has 100 valence electrons. The number of para-hydroxylation sites is 1. The summed E-state index contributed by atoms with van der Waals surface area (Å²) in [4.78, 5) is 13.0. The van der Waals surface area contributed by atoms with E-state index in [0.717, 1.165) is 11.3 Å². The zero-order chi connectivity index (χ0) is 13.8. The number of methoxy groups -OCH3 is 1. The standard InChI is InChI=1S/C14H21NO3/c1-14(15(2)3,10-13(16)17)9-11-7-5-6-8-12(11)18-4/h5-8H,9-10H2,1-4H3,(H,16,17). The molecule has 0 heterocycles. The number of rotatable bonds is 6. The highest BCUT2D eigenvalue weighted by molar-refractivity contribution is 5.68. The molecule has 0 aliphatic rings. The number of carbonyl (C=O) groups is 1. The van der Waals surface area contributed by atoms with Gasteiger partial charge in [-0.2, -0.15) is 0 Å². The highest BCUT2D eigenvalue weighted by Gasteiger charge is 2.31. The molecule has 1 aromatic rings. The van der Waals surface area contributed by atoms with Crippen molar-refractivity contribution < 1.29 is 14.6 Å². The van der Waals surface area contributed by atoms with Crippen molar-refractivity contribution in [1.82, 2.24) is 4.90 Å². The number of nitrogens with zero attached hydrogens (tertiary/aromatic N) is 1. The van der Waals surface area contributed by atoms with Crippen LogP contribution in [0.25, 0.3) is 0 Å². The Morgan fingerprint density at radius 1 is 1.39 bits per heavy atom. The van der Waals surface area contributed by atoms with Crippen molar-refractivity contribution in [2.45, 2.75) is 25.3 Å². The Labute approximate surface area is 108 Å². The van der Waals surface area contributed by atoms with Crippen LogP contribution in [0, 0.1) is 0 Å². The van der Waals surface area contributed by atoms with E-state index in [2.05, 4.69) is 0 Å². The lowest BCUT2D eigenvalue weighted by molar-refractivity contribution is -0.139. The van der Waals surface area contributed by atoms with Crippen LogP contribution in [0.1, 0.15) is 18.9 Å². The number of carboxylic acids is 1.